The van der Waals surface area contributed by atoms with Crippen LogP contribution in [0.2, 0.25) is 5.02 Å². The summed E-state index contributed by atoms with van der Waals surface area (Å²) in [5, 5.41) is 5.32. The van der Waals surface area contributed by atoms with Gasteiger partial charge in [0.05, 0.1) is 17.8 Å². The molecule has 10 heteroatoms. The summed E-state index contributed by atoms with van der Waals surface area (Å²) in [6.45, 7) is 0. The van der Waals surface area contributed by atoms with Crippen LogP contribution in [0.15, 0.2) is 54.6 Å². The van der Waals surface area contributed by atoms with E-state index >= 15 is 0 Å². The number of carbonyl (C=O) groups excluding carboxylic acids is 3. The van der Waals surface area contributed by atoms with E-state index in [1.54, 1.807) is 42.5 Å². The number of thiocarbonyl (C=S) groups is 1. The molecule has 3 amide bonds. The van der Waals surface area contributed by atoms with Crippen molar-refractivity contribution in [3.63, 3.8) is 0 Å². The van der Waals surface area contributed by atoms with Crippen molar-refractivity contribution >= 4 is 58.4 Å². The van der Waals surface area contributed by atoms with E-state index in [0.717, 1.165) is 5.56 Å². The van der Waals surface area contributed by atoms with E-state index in [2.05, 4.69) is 21.5 Å². The number of hydrazine groups is 1. The fourth-order valence-corrected chi connectivity index (χ4v) is 2.68. The second kappa shape index (κ2) is 12.3. The van der Waals surface area contributed by atoms with Crippen molar-refractivity contribution in [2.24, 2.45) is 0 Å². The topological polar surface area (TPSA) is 109 Å². The van der Waals surface area contributed by atoms with Crippen LogP contribution in [0.25, 0.3) is 6.08 Å². The molecule has 0 spiro atoms. The van der Waals surface area contributed by atoms with E-state index in [9.17, 15) is 14.4 Å². The third kappa shape index (κ3) is 8.45. The summed E-state index contributed by atoms with van der Waals surface area (Å²) < 4.78 is 5.20. The van der Waals surface area contributed by atoms with Crippen LogP contribution in [0.1, 0.15) is 18.4 Å². The highest BCUT2D eigenvalue weighted by Crippen LogP contribution is 2.20. The van der Waals surface area contributed by atoms with E-state index < -0.39 is 11.8 Å². The number of rotatable bonds is 7. The molecule has 0 unspecified atom stereocenters. The lowest BCUT2D eigenvalue weighted by atomic mass is 10.2. The molecule has 0 aromatic heterocycles. The molecule has 0 aliphatic rings. The average molecular weight is 461 g/mol. The van der Waals surface area contributed by atoms with Gasteiger partial charge in [-0.1, -0.05) is 41.9 Å². The van der Waals surface area contributed by atoms with Gasteiger partial charge in [0.15, 0.2) is 5.11 Å². The largest absolute Gasteiger partial charge is 0.496 e. The van der Waals surface area contributed by atoms with Crippen LogP contribution in [0.5, 0.6) is 5.75 Å². The van der Waals surface area contributed by atoms with Crippen molar-refractivity contribution in [2.45, 2.75) is 12.8 Å². The van der Waals surface area contributed by atoms with E-state index in [-0.39, 0.29) is 23.9 Å². The zero-order chi connectivity index (χ0) is 22.6. The lowest BCUT2D eigenvalue weighted by molar-refractivity contribution is -0.124. The van der Waals surface area contributed by atoms with E-state index in [4.69, 9.17) is 28.6 Å². The Hall–Kier alpha value is -3.43. The zero-order valence-electron chi connectivity index (χ0n) is 16.6. The molecule has 0 fully saturated rings. The zero-order valence-corrected chi connectivity index (χ0v) is 18.2. The lowest BCUT2D eigenvalue weighted by Crippen LogP contribution is -2.48. The molecule has 0 radical (unpaired) electrons. The van der Waals surface area contributed by atoms with E-state index in [1.807, 2.05) is 12.1 Å². The van der Waals surface area contributed by atoms with Crippen LogP contribution >= 0.6 is 23.8 Å². The van der Waals surface area contributed by atoms with Gasteiger partial charge in [0.25, 0.3) is 0 Å². The van der Waals surface area contributed by atoms with Crippen molar-refractivity contribution < 1.29 is 19.1 Å². The first-order chi connectivity index (χ1) is 14.9. The van der Waals surface area contributed by atoms with Gasteiger partial charge in [-0.15, -0.1) is 0 Å². The number of nitrogens with one attached hydrogen (secondary N) is 4. The highest BCUT2D eigenvalue weighted by molar-refractivity contribution is 7.80. The molecule has 2 aromatic rings. The Kier molecular flexibility index (Phi) is 9.47. The van der Waals surface area contributed by atoms with Gasteiger partial charge < -0.3 is 10.1 Å². The molecule has 0 atom stereocenters. The Morgan fingerprint density at radius 1 is 1.00 bits per heavy atom. The molecule has 4 N–H and O–H groups in total. The summed E-state index contributed by atoms with van der Waals surface area (Å²) in [4.78, 5) is 35.7. The molecule has 0 saturated carbocycles. The molecule has 0 bridgehead atoms. The maximum Gasteiger partial charge on any atom is 0.250 e. The van der Waals surface area contributed by atoms with Crippen molar-refractivity contribution in [1.82, 2.24) is 16.2 Å². The molecule has 162 valence electrons. The minimum Gasteiger partial charge on any atom is -0.496 e. The first-order valence-corrected chi connectivity index (χ1v) is 9.93. The highest BCUT2D eigenvalue weighted by Gasteiger charge is 2.09. The number of hydrogen-bond acceptors (Lipinski definition) is 5. The van der Waals surface area contributed by atoms with Gasteiger partial charge in [0, 0.05) is 24.5 Å². The highest BCUT2D eigenvalue weighted by atomic mass is 35.5. The Morgan fingerprint density at radius 2 is 1.68 bits per heavy atom. The number of carbonyl (C=O) groups is 3. The number of amides is 3. The normalized spacial score (nSPS) is 10.3. The third-order valence-electron chi connectivity index (χ3n) is 3.83. The standard InChI is InChI=1S/C21H21ClN4O4S/c1-30-17-9-5-2-6-14(17)10-11-19(28)24-21(31)26-25-20(29)13-12-18(27)23-16-8-4-3-7-15(16)22/h2-11H,12-13H2,1H3,(H,23,27)(H,25,29)(H2,24,26,28,31)/b11-10+. The van der Waals surface area contributed by atoms with Gasteiger partial charge in [-0.25, -0.2) is 0 Å². The fourth-order valence-electron chi connectivity index (χ4n) is 2.35. The Bertz CT molecular complexity index is 997. The maximum absolute atomic E-state index is 11.9. The summed E-state index contributed by atoms with van der Waals surface area (Å²) in [6.07, 6.45) is 2.72. The van der Waals surface area contributed by atoms with E-state index in [1.165, 1.54) is 13.2 Å². The van der Waals surface area contributed by atoms with Crippen molar-refractivity contribution in [2.75, 3.05) is 12.4 Å². The van der Waals surface area contributed by atoms with Gasteiger partial charge in [0.1, 0.15) is 5.75 Å². The van der Waals surface area contributed by atoms with Crippen molar-refractivity contribution in [3.8, 4) is 5.75 Å². The monoisotopic (exact) mass is 460 g/mol. The van der Waals surface area contributed by atoms with E-state index in [0.29, 0.717) is 16.5 Å². The number of benzene rings is 2. The molecule has 0 aliphatic heterocycles. The fraction of sp³-hybridized carbons (Fsp3) is 0.143. The summed E-state index contributed by atoms with van der Waals surface area (Å²) in [7, 11) is 1.54. The van der Waals surface area contributed by atoms with Gasteiger partial charge in [-0.3, -0.25) is 30.6 Å². The minimum absolute atomic E-state index is 0.0560. The number of halogens is 1. The Morgan fingerprint density at radius 3 is 2.42 bits per heavy atom. The predicted molar refractivity (Wildman–Crippen MR) is 123 cm³/mol. The summed E-state index contributed by atoms with van der Waals surface area (Å²) in [5.41, 5.74) is 5.92. The smallest absolute Gasteiger partial charge is 0.250 e. The molecular formula is C21H21ClN4O4S. The van der Waals surface area contributed by atoms with Crippen LogP contribution in [0.4, 0.5) is 5.69 Å². The SMILES string of the molecule is COc1ccccc1/C=C/C(=O)NC(=S)NNC(=O)CCC(=O)Nc1ccccc1Cl. The number of methoxy groups -OCH3 is 1. The van der Waals surface area contributed by atoms with Crippen molar-refractivity contribution in [1.29, 1.82) is 0 Å². The Labute approximate surface area is 190 Å². The van der Waals surface area contributed by atoms with Gasteiger partial charge in [-0.2, -0.15) is 0 Å². The predicted octanol–water partition coefficient (Wildman–Crippen LogP) is 2.80. The molecule has 31 heavy (non-hydrogen) atoms. The first-order valence-electron chi connectivity index (χ1n) is 9.14. The molecule has 8 nitrogen and oxygen atoms in total. The maximum atomic E-state index is 11.9. The van der Waals surface area contributed by atoms with Crippen LogP contribution in [-0.2, 0) is 14.4 Å². The molecule has 2 rings (SSSR count). The quantitative estimate of drug-likeness (QED) is 0.287. The number of hydrogen-bond donors (Lipinski definition) is 4. The van der Waals surface area contributed by atoms with Crippen LogP contribution < -0.4 is 26.2 Å². The first kappa shape index (κ1) is 23.8. The second-order valence-corrected chi connectivity index (χ2v) is 6.91. The number of anilines is 1. The van der Waals surface area contributed by atoms with Crippen LogP contribution in [0.3, 0.4) is 0 Å². The summed E-state index contributed by atoms with van der Waals surface area (Å²) in [6, 6.07) is 14.0. The molecular weight excluding hydrogens is 440 g/mol. The molecule has 0 saturated heterocycles. The molecule has 0 heterocycles. The molecule has 0 aliphatic carbocycles. The van der Waals surface area contributed by atoms with Gasteiger partial charge >= 0.3 is 0 Å². The lowest BCUT2D eigenvalue weighted by Gasteiger charge is -2.10. The Balaban J connectivity index is 1.70. The number of para-hydroxylation sites is 2. The van der Waals surface area contributed by atoms with Gasteiger partial charge in [0.2, 0.25) is 17.7 Å². The van der Waals surface area contributed by atoms with Crippen molar-refractivity contribution in [3.05, 3.63) is 65.2 Å². The van der Waals surface area contributed by atoms with Crippen LogP contribution in [0, 0.1) is 0 Å². The number of ether oxygens (including phenoxy) is 1. The minimum atomic E-state index is -0.489. The summed E-state index contributed by atoms with van der Waals surface area (Å²) >= 11 is 10.9. The molecule has 2 aromatic carbocycles. The van der Waals surface area contributed by atoms with Crippen LogP contribution in [-0.4, -0.2) is 29.9 Å². The second-order valence-electron chi connectivity index (χ2n) is 6.09. The van der Waals surface area contributed by atoms with Gasteiger partial charge in [-0.05, 0) is 36.5 Å². The third-order valence-corrected chi connectivity index (χ3v) is 4.37. The summed E-state index contributed by atoms with van der Waals surface area (Å²) in [5.74, 6) is -0.703. The average Bonchev–Trinajstić information content (AvgIpc) is 2.76.